The molecule has 0 aliphatic heterocycles. The van der Waals surface area contributed by atoms with Crippen LogP contribution in [0.2, 0.25) is 0 Å². The highest BCUT2D eigenvalue weighted by Gasteiger charge is 2.26. The Kier molecular flexibility index (Phi) is 3.46. The zero-order valence-corrected chi connectivity index (χ0v) is 9.10. The molecule has 1 rings (SSSR count). The van der Waals surface area contributed by atoms with Crippen LogP contribution in [0.1, 0.15) is 17.7 Å². The molecule has 78 valence electrons. The van der Waals surface area contributed by atoms with Crippen LogP contribution in [0.5, 0.6) is 0 Å². The summed E-state index contributed by atoms with van der Waals surface area (Å²) in [6.07, 6.45) is -2.08. The van der Waals surface area contributed by atoms with Gasteiger partial charge in [0.05, 0.1) is 10.5 Å². The molecule has 0 spiro atoms. The minimum absolute atomic E-state index is 0.251. The van der Waals surface area contributed by atoms with Gasteiger partial charge in [-0.05, 0) is 22.6 Å². The molecule has 0 radical (unpaired) electrons. The molecule has 0 saturated heterocycles. The molecular weight excluding hydrogens is 323 g/mol. The number of halogens is 3. The van der Waals surface area contributed by atoms with E-state index in [1.54, 1.807) is 0 Å². The van der Waals surface area contributed by atoms with Gasteiger partial charge in [0.2, 0.25) is 5.69 Å². The zero-order valence-electron chi connectivity index (χ0n) is 6.95. The Labute approximate surface area is 96.0 Å². The highest BCUT2D eigenvalue weighted by molar-refractivity contribution is 14.1. The number of aromatic nitrogens is 1. The maximum atomic E-state index is 12.4. The lowest BCUT2D eigenvalue weighted by molar-refractivity contribution is -0.386. The number of nitrogens with zero attached hydrogens (tertiary/aromatic N) is 3. The number of nitro groups is 1. The van der Waals surface area contributed by atoms with Gasteiger partial charge in [0.1, 0.15) is 9.64 Å². The van der Waals surface area contributed by atoms with Gasteiger partial charge >= 0.3 is 5.69 Å². The van der Waals surface area contributed by atoms with E-state index in [2.05, 4.69) is 4.98 Å². The van der Waals surface area contributed by atoms with E-state index in [0.717, 1.165) is 6.20 Å². The van der Waals surface area contributed by atoms with Crippen LogP contribution in [-0.4, -0.2) is 9.91 Å². The van der Waals surface area contributed by atoms with Gasteiger partial charge in [-0.3, -0.25) is 10.1 Å². The fourth-order valence-corrected chi connectivity index (χ4v) is 1.72. The minimum atomic E-state index is -2.85. The Balaban J connectivity index is 3.51. The monoisotopic (exact) mass is 325 g/mol. The van der Waals surface area contributed by atoms with Crippen LogP contribution in [0.4, 0.5) is 14.5 Å². The number of pyridine rings is 1. The predicted octanol–water partition coefficient (Wildman–Crippen LogP) is 2.40. The topological polar surface area (TPSA) is 79.8 Å². The van der Waals surface area contributed by atoms with Crippen LogP contribution in [-0.2, 0) is 0 Å². The summed E-state index contributed by atoms with van der Waals surface area (Å²) in [7, 11) is 0. The third-order valence-corrected chi connectivity index (χ3v) is 2.68. The molecule has 0 atom stereocenters. The Morgan fingerprint density at radius 3 is 2.67 bits per heavy atom. The van der Waals surface area contributed by atoms with Crippen molar-refractivity contribution in [3.05, 3.63) is 31.1 Å². The summed E-state index contributed by atoms with van der Waals surface area (Å²) in [5.74, 6) is 0. The van der Waals surface area contributed by atoms with Crippen molar-refractivity contribution in [2.24, 2.45) is 0 Å². The number of nitriles is 1. The van der Waals surface area contributed by atoms with Gasteiger partial charge in [0, 0.05) is 6.20 Å². The van der Waals surface area contributed by atoms with Gasteiger partial charge in [0.25, 0.3) is 6.43 Å². The largest absolute Gasteiger partial charge is 0.319 e. The van der Waals surface area contributed by atoms with E-state index in [1.807, 2.05) is 0 Å². The highest BCUT2D eigenvalue weighted by Crippen LogP contribution is 2.31. The van der Waals surface area contributed by atoms with Gasteiger partial charge < -0.3 is 0 Å². The van der Waals surface area contributed by atoms with Crippen LogP contribution in [0.25, 0.3) is 0 Å². The maximum Gasteiger partial charge on any atom is 0.319 e. The maximum absolute atomic E-state index is 12.4. The predicted molar refractivity (Wildman–Crippen MR) is 53.3 cm³/mol. The first-order valence-electron chi connectivity index (χ1n) is 3.50. The quantitative estimate of drug-likeness (QED) is 0.475. The Morgan fingerprint density at radius 1 is 1.67 bits per heavy atom. The summed E-state index contributed by atoms with van der Waals surface area (Å²) in [5.41, 5.74) is -1.67. The average Bonchev–Trinajstić information content (AvgIpc) is 2.15. The molecule has 0 fully saturated rings. The number of rotatable bonds is 2. The number of hydrogen-bond acceptors (Lipinski definition) is 4. The summed E-state index contributed by atoms with van der Waals surface area (Å²) in [6.45, 7) is 0. The molecule has 15 heavy (non-hydrogen) atoms. The van der Waals surface area contributed by atoms with Crippen LogP contribution < -0.4 is 0 Å². The van der Waals surface area contributed by atoms with Gasteiger partial charge in [-0.15, -0.1) is 0 Å². The summed E-state index contributed by atoms with van der Waals surface area (Å²) >= 11 is 1.41. The number of hydrogen-bond donors (Lipinski definition) is 0. The summed E-state index contributed by atoms with van der Waals surface area (Å²) < 4.78 is 24.5. The molecule has 1 heterocycles. The fourth-order valence-electron chi connectivity index (χ4n) is 0.893. The van der Waals surface area contributed by atoms with Gasteiger partial charge in [-0.1, -0.05) is 0 Å². The Morgan fingerprint density at radius 2 is 2.27 bits per heavy atom. The second kappa shape index (κ2) is 4.43. The molecule has 0 saturated carbocycles. The minimum Gasteiger partial charge on any atom is -0.258 e. The molecule has 0 unspecified atom stereocenters. The molecule has 0 N–H and O–H groups in total. The lowest BCUT2D eigenvalue weighted by Gasteiger charge is -2.03. The van der Waals surface area contributed by atoms with E-state index >= 15 is 0 Å². The zero-order chi connectivity index (χ0) is 11.6. The van der Waals surface area contributed by atoms with E-state index in [9.17, 15) is 18.9 Å². The normalized spacial score (nSPS) is 10.1. The van der Waals surface area contributed by atoms with E-state index in [4.69, 9.17) is 5.26 Å². The van der Waals surface area contributed by atoms with Crippen LogP contribution in [0, 0.1) is 25.0 Å². The molecular formula is C7H2F2IN3O2. The van der Waals surface area contributed by atoms with Crippen molar-refractivity contribution in [3.8, 4) is 6.07 Å². The second-order valence-corrected chi connectivity index (χ2v) is 3.47. The average molecular weight is 325 g/mol. The first kappa shape index (κ1) is 11.7. The van der Waals surface area contributed by atoms with Crippen LogP contribution in [0.3, 0.4) is 0 Å². The van der Waals surface area contributed by atoms with E-state index < -0.39 is 28.3 Å². The molecule has 0 aromatic carbocycles. The Bertz CT molecular complexity index is 458. The second-order valence-electron chi connectivity index (χ2n) is 2.39. The molecule has 1 aromatic rings. The summed E-state index contributed by atoms with van der Waals surface area (Å²) in [4.78, 5) is 13.0. The van der Waals surface area contributed by atoms with Crippen molar-refractivity contribution in [2.45, 2.75) is 6.43 Å². The molecule has 8 heteroatoms. The fraction of sp³-hybridized carbons (Fsp3) is 0.143. The van der Waals surface area contributed by atoms with Crippen molar-refractivity contribution in [1.82, 2.24) is 4.98 Å². The molecule has 5 nitrogen and oxygen atoms in total. The molecule has 0 aliphatic carbocycles. The highest BCUT2D eigenvalue weighted by atomic mass is 127. The van der Waals surface area contributed by atoms with E-state index in [0.29, 0.717) is 0 Å². The first-order chi connectivity index (χ1) is 6.99. The van der Waals surface area contributed by atoms with Crippen LogP contribution in [0.15, 0.2) is 6.20 Å². The molecule has 1 aromatic heterocycles. The van der Waals surface area contributed by atoms with E-state index in [1.165, 1.54) is 28.7 Å². The summed E-state index contributed by atoms with van der Waals surface area (Å²) in [6, 6.07) is 1.48. The van der Waals surface area contributed by atoms with Crippen molar-refractivity contribution in [1.29, 1.82) is 5.26 Å². The molecule has 0 amide bonds. The van der Waals surface area contributed by atoms with Crippen molar-refractivity contribution >= 4 is 28.3 Å². The third-order valence-electron chi connectivity index (χ3n) is 1.54. The lowest BCUT2D eigenvalue weighted by Crippen LogP contribution is -2.02. The van der Waals surface area contributed by atoms with E-state index in [-0.39, 0.29) is 3.57 Å². The standard InChI is InChI=1S/C7H2F2IN3O2/c8-7(9)3-2-12-4(1-11)6(5(3)10)13(14)15/h2,7H. The SMILES string of the molecule is N#Cc1ncc(C(F)F)c(I)c1[N+](=O)[O-]. The van der Waals surface area contributed by atoms with Gasteiger partial charge in [-0.25, -0.2) is 13.8 Å². The first-order valence-corrected chi connectivity index (χ1v) is 4.58. The number of alkyl halides is 2. The lowest BCUT2D eigenvalue weighted by atomic mass is 10.2. The smallest absolute Gasteiger partial charge is 0.258 e. The van der Waals surface area contributed by atoms with Crippen molar-refractivity contribution in [3.63, 3.8) is 0 Å². The van der Waals surface area contributed by atoms with Crippen molar-refractivity contribution in [2.75, 3.05) is 0 Å². The third kappa shape index (κ3) is 2.17. The van der Waals surface area contributed by atoms with Crippen molar-refractivity contribution < 1.29 is 13.7 Å². The van der Waals surface area contributed by atoms with Gasteiger partial charge in [-0.2, -0.15) is 5.26 Å². The van der Waals surface area contributed by atoms with Gasteiger partial charge in [0.15, 0.2) is 0 Å². The molecule has 0 bridgehead atoms. The summed E-state index contributed by atoms with van der Waals surface area (Å²) in [5, 5.41) is 19.1. The molecule has 0 aliphatic rings. The van der Waals surface area contributed by atoms with Crippen LogP contribution >= 0.6 is 22.6 Å². The Hall–Kier alpha value is -1.37.